The molecule has 7 heteroatoms. The van der Waals surface area contributed by atoms with Crippen LogP contribution in [0.3, 0.4) is 0 Å². The van der Waals surface area contributed by atoms with Crippen molar-refractivity contribution in [1.82, 2.24) is 4.98 Å². The Morgan fingerprint density at radius 2 is 2.00 bits per heavy atom. The second kappa shape index (κ2) is 6.25. The van der Waals surface area contributed by atoms with Crippen molar-refractivity contribution in [2.75, 3.05) is 4.72 Å². The predicted octanol–water partition coefficient (Wildman–Crippen LogP) is 4.67. The van der Waals surface area contributed by atoms with Gasteiger partial charge in [0.1, 0.15) is 4.90 Å². The lowest BCUT2D eigenvalue weighted by Gasteiger charge is -2.11. The zero-order valence-corrected chi connectivity index (χ0v) is 16.3. The molecular formula is C19H20N2O3S2. The Balaban J connectivity index is 1.80. The molecule has 2 heterocycles. The number of rotatable bonds is 4. The van der Waals surface area contributed by atoms with E-state index in [0.717, 1.165) is 28.7 Å². The SMILES string of the molecule is CC(C)c1sccc1S(=O)(=O)Nc1cccc2c3c([nH]c12)C(=O)CCC3. The summed E-state index contributed by atoms with van der Waals surface area (Å²) in [6, 6.07) is 7.13. The number of sulfonamides is 1. The first-order valence-electron chi connectivity index (χ1n) is 8.65. The second-order valence-corrected chi connectivity index (χ2v) is 9.49. The maximum Gasteiger partial charge on any atom is 0.263 e. The Bertz CT molecular complexity index is 1110. The van der Waals surface area contributed by atoms with Gasteiger partial charge in [-0.2, -0.15) is 0 Å². The second-order valence-electron chi connectivity index (χ2n) is 6.89. The number of fused-ring (bicyclic) bond motifs is 3. The number of nitrogens with one attached hydrogen (secondary N) is 2. The molecule has 0 unspecified atom stereocenters. The van der Waals surface area contributed by atoms with Crippen LogP contribution in [-0.2, 0) is 16.4 Å². The van der Waals surface area contributed by atoms with E-state index in [9.17, 15) is 13.2 Å². The molecule has 0 aliphatic heterocycles. The number of anilines is 1. The summed E-state index contributed by atoms with van der Waals surface area (Å²) < 4.78 is 28.6. The highest BCUT2D eigenvalue weighted by molar-refractivity contribution is 7.93. The van der Waals surface area contributed by atoms with E-state index in [1.54, 1.807) is 17.5 Å². The van der Waals surface area contributed by atoms with Crippen LogP contribution in [0.15, 0.2) is 34.5 Å². The number of carbonyl (C=O) groups is 1. The smallest absolute Gasteiger partial charge is 0.263 e. The minimum absolute atomic E-state index is 0.0937. The average Bonchev–Trinajstić information content (AvgIpc) is 3.21. The van der Waals surface area contributed by atoms with Gasteiger partial charge < -0.3 is 4.98 Å². The summed E-state index contributed by atoms with van der Waals surface area (Å²) in [5.74, 6) is 0.226. The lowest BCUT2D eigenvalue weighted by molar-refractivity contribution is 0.0968. The van der Waals surface area contributed by atoms with Crippen LogP contribution < -0.4 is 4.72 Å². The summed E-state index contributed by atoms with van der Waals surface area (Å²) in [6.45, 7) is 3.96. The van der Waals surface area contributed by atoms with Gasteiger partial charge in [0.05, 0.1) is 16.9 Å². The first-order valence-corrected chi connectivity index (χ1v) is 11.0. The van der Waals surface area contributed by atoms with Gasteiger partial charge in [0.15, 0.2) is 5.78 Å². The first-order chi connectivity index (χ1) is 12.4. The fourth-order valence-corrected chi connectivity index (χ4v) is 6.24. The van der Waals surface area contributed by atoms with E-state index in [1.165, 1.54) is 11.3 Å². The van der Waals surface area contributed by atoms with Crippen LogP contribution in [0.5, 0.6) is 0 Å². The van der Waals surface area contributed by atoms with E-state index in [2.05, 4.69) is 9.71 Å². The summed E-state index contributed by atoms with van der Waals surface area (Å²) in [4.78, 5) is 16.5. The molecule has 2 N–H and O–H groups in total. The predicted molar refractivity (Wildman–Crippen MR) is 105 cm³/mol. The number of aromatic nitrogens is 1. The van der Waals surface area contributed by atoms with Crippen molar-refractivity contribution < 1.29 is 13.2 Å². The fraction of sp³-hybridized carbons (Fsp3) is 0.316. The molecule has 0 atom stereocenters. The Morgan fingerprint density at radius 1 is 1.19 bits per heavy atom. The van der Waals surface area contributed by atoms with Gasteiger partial charge in [-0.05, 0) is 41.8 Å². The number of para-hydroxylation sites is 1. The molecule has 5 nitrogen and oxygen atoms in total. The van der Waals surface area contributed by atoms with E-state index in [4.69, 9.17) is 0 Å². The van der Waals surface area contributed by atoms with Crippen molar-refractivity contribution in [3.8, 4) is 0 Å². The van der Waals surface area contributed by atoms with Crippen molar-refractivity contribution in [3.05, 3.63) is 45.8 Å². The summed E-state index contributed by atoms with van der Waals surface area (Å²) in [5.41, 5.74) is 2.77. The molecular weight excluding hydrogens is 368 g/mol. The van der Waals surface area contributed by atoms with Crippen LogP contribution in [-0.4, -0.2) is 19.2 Å². The van der Waals surface area contributed by atoms with Gasteiger partial charge in [-0.1, -0.05) is 26.0 Å². The molecule has 0 bridgehead atoms. The van der Waals surface area contributed by atoms with Gasteiger partial charge in [-0.25, -0.2) is 8.42 Å². The number of benzene rings is 1. The largest absolute Gasteiger partial charge is 0.350 e. The number of H-pyrrole nitrogens is 1. The number of hydrogen-bond donors (Lipinski definition) is 2. The number of thiophene rings is 1. The van der Waals surface area contributed by atoms with Crippen molar-refractivity contribution in [2.24, 2.45) is 0 Å². The molecule has 0 fully saturated rings. The van der Waals surface area contributed by atoms with E-state index < -0.39 is 10.0 Å². The zero-order chi connectivity index (χ0) is 18.5. The maximum atomic E-state index is 13.0. The lowest BCUT2D eigenvalue weighted by Crippen LogP contribution is -2.14. The van der Waals surface area contributed by atoms with Crippen molar-refractivity contribution in [2.45, 2.75) is 43.9 Å². The van der Waals surface area contributed by atoms with Crippen LogP contribution in [0.4, 0.5) is 5.69 Å². The van der Waals surface area contributed by atoms with Gasteiger partial charge in [-0.15, -0.1) is 11.3 Å². The molecule has 0 saturated carbocycles. The van der Waals surface area contributed by atoms with Crippen LogP contribution >= 0.6 is 11.3 Å². The van der Waals surface area contributed by atoms with Gasteiger partial charge in [0.25, 0.3) is 10.0 Å². The molecule has 1 aliphatic carbocycles. The Hall–Kier alpha value is -2.12. The number of ketones is 1. The third kappa shape index (κ3) is 2.75. The van der Waals surface area contributed by atoms with E-state index in [-0.39, 0.29) is 11.7 Å². The van der Waals surface area contributed by atoms with Crippen LogP contribution in [0.25, 0.3) is 10.9 Å². The molecule has 26 heavy (non-hydrogen) atoms. The monoisotopic (exact) mass is 388 g/mol. The standard InChI is InChI=1S/C19H20N2O3S2/c1-11(2)19-16(9-10-25-19)26(23,24)21-14-7-3-5-12-13-6-4-8-15(22)18(13)20-17(12)14/h3,5,7,9-11,20-21H,4,6,8H2,1-2H3. The van der Waals surface area contributed by atoms with E-state index >= 15 is 0 Å². The first kappa shape index (κ1) is 17.3. The molecule has 136 valence electrons. The highest BCUT2D eigenvalue weighted by atomic mass is 32.2. The molecule has 0 radical (unpaired) electrons. The minimum Gasteiger partial charge on any atom is -0.350 e. The number of aromatic amines is 1. The third-order valence-electron chi connectivity index (χ3n) is 4.77. The van der Waals surface area contributed by atoms with Crippen molar-refractivity contribution in [3.63, 3.8) is 0 Å². The third-order valence-corrected chi connectivity index (χ3v) is 7.54. The van der Waals surface area contributed by atoms with Crippen LogP contribution in [0, 0.1) is 0 Å². The normalized spacial score (nSPS) is 14.8. The van der Waals surface area contributed by atoms with Crippen molar-refractivity contribution >= 4 is 43.7 Å². The zero-order valence-electron chi connectivity index (χ0n) is 14.6. The quantitative estimate of drug-likeness (QED) is 0.681. The highest BCUT2D eigenvalue weighted by Gasteiger charge is 2.25. The number of Topliss-reactive ketones (excluding diaryl/α,β-unsaturated/α-hetero) is 1. The highest BCUT2D eigenvalue weighted by Crippen LogP contribution is 2.35. The summed E-state index contributed by atoms with van der Waals surface area (Å²) in [7, 11) is -3.70. The van der Waals surface area contributed by atoms with Gasteiger partial charge >= 0.3 is 0 Å². The fourth-order valence-electron chi connectivity index (χ4n) is 3.56. The van der Waals surface area contributed by atoms with Gasteiger partial charge in [0.2, 0.25) is 0 Å². The molecule has 1 aliphatic rings. The maximum absolute atomic E-state index is 13.0. The summed E-state index contributed by atoms with van der Waals surface area (Å²) in [5, 5.41) is 2.72. The number of hydrogen-bond acceptors (Lipinski definition) is 4. The summed E-state index contributed by atoms with van der Waals surface area (Å²) >= 11 is 1.45. The number of aryl methyl sites for hydroxylation is 1. The average molecular weight is 389 g/mol. The Morgan fingerprint density at radius 3 is 2.77 bits per heavy atom. The summed E-state index contributed by atoms with van der Waals surface area (Å²) in [6.07, 6.45) is 2.20. The van der Waals surface area contributed by atoms with E-state index in [1.807, 2.05) is 26.0 Å². The number of carbonyl (C=O) groups excluding carboxylic acids is 1. The molecule has 3 aromatic rings. The minimum atomic E-state index is -3.70. The molecule has 0 amide bonds. The Kier molecular flexibility index (Phi) is 4.16. The molecule has 1 aromatic carbocycles. The van der Waals surface area contributed by atoms with Gasteiger partial charge in [0, 0.05) is 16.7 Å². The lowest BCUT2D eigenvalue weighted by atomic mass is 9.95. The van der Waals surface area contributed by atoms with Gasteiger partial charge in [-0.3, -0.25) is 9.52 Å². The molecule has 0 spiro atoms. The van der Waals surface area contributed by atoms with Crippen LogP contribution in [0.1, 0.15) is 53.5 Å². The Labute approximate surface area is 156 Å². The van der Waals surface area contributed by atoms with E-state index in [0.29, 0.717) is 28.2 Å². The molecule has 0 saturated heterocycles. The molecule has 4 rings (SSSR count). The van der Waals surface area contributed by atoms with Crippen molar-refractivity contribution in [1.29, 1.82) is 0 Å². The topological polar surface area (TPSA) is 79.0 Å². The van der Waals surface area contributed by atoms with Crippen LogP contribution in [0.2, 0.25) is 0 Å². The molecule has 2 aromatic heterocycles.